The number of nitrogens with zero attached hydrogens (tertiary/aromatic N) is 2. The van der Waals surface area contributed by atoms with Crippen LogP contribution < -0.4 is 5.32 Å². The van der Waals surface area contributed by atoms with Crippen LogP contribution in [0.5, 0.6) is 0 Å². The van der Waals surface area contributed by atoms with E-state index < -0.39 is 11.9 Å². The Morgan fingerprint density at radius 2 is 2.24 bits per heavy atom. The summed E-state index contributed by atoms with van der Waals surface area (Å²) in [6.45, 7) is 4.17. The summed E-state index contributed by atoms with van der Waals surface area (Å²) >= 11 is 1.52. The lowest BCUT2D eigenvalue weighted by Gasteiger charge is -2.17. The molecule has 0 aromatic carbocycles. The monoisotopic (exact) mass is 255 g/mol. The molecule has 94 valence electrons. The minimum absolute atomic E-state index is 0.0851. The number of rotatable bonds is 6. The van der Waals surface area contributed by atoms with Gasteiger partial charge in [-0.05, 0) is 12.2 Å². The van der Waals surface area contributed by atoms with E-state index in [9.17, 15) is 4.79 Å². The molecule has 0 bridgehead atoms. The van der Waals surface area contributed by atoms with Crippen LogP contribution in [0.1, 0.15) is 13.8 Å². The smallest absolute Gasteiger partial charge is 0.308 e. The van der Waals surface area contributed by atoms with Gasteiger partial charge in [0.1, 0.15) is 17.2 Å². The summed E-state index contributed by atoms with van der Waals surface area (Å²) in [5, 5.41) is 12.9. The summed E-state index contributed by atoms with van der Waals surface area (Å²) in [7, 11) is 0. The largest absolute Gasteiger partial charge is 0.481 e. The van der Waals surface area contributed by atoms with Crippen molar-refractivity contribution in [1.29, 1.82) is 0 Å². The summed E-state index contributed by atoms with van der Waals surface area (Å²) in [5.41, 5.74) is 0. The van der Waals surface area contributed by atoms with Crippen LogP contribution in [0, 0.1) is 11.8 Å². The van der Waals surface area contributed by atoms with E-state index in [0.717, 1.165) is 5.03 Å². The van der Waals surface area contributed by atoms with E-state index in [1.165, 1.54) is 18.1 Å². The van der Waals surface area contributed by atoms with E-state index in [-0.39, 0.29) is 5.92 Å². The molecule has 0 saturated carbocycles. The van der Waals surface area contributed by atoms with E-state index in [0.29, 0.717) is 12.4 Å². The van der Waals surface area contributed by atoms with Crippen molar-refractivity contribution >= 4 is 23.5 Å². The van der Waals surface area contributed by atoms with Crippen LogP contribution in [0.15, 0.2) is 17.4 Å². The lowest BCUT2D eigenvalue weighted by Crippen LogP contribution is -2.27. The molecule has 0 saturated heterocycles. The maximum atomic E-state index is 11.0. The van der Waals surface area contributed by atoms with Crippen molar-refractivity contribution in [2.45, 2.75) is 18.9 Å². The first-order chi connectivity index (χ1) is 8.04. The molecular formula is C11H17N3O2S. The van der Waals surface area contributed by atoms with Crippen LogP contribution in [0.3, 0.4) is 0 Å². The van der Waals surface area contributed by atoms with Crippen molar-refractivity contribution < 1.29 is 9.90 Å². The Labute approximate surface area is 105 Å². The molecule has 0 amide bonds. The van der Waals surface area contributed by atoms with Gasteiger partial charge in [0.25, 0.3) is 0 Å². The molecule has 1 rings (SSSR count). The number of carboxylic acids is 1. The Morgan fingerprint density at radius 1 is 1.53 bits per heavy atom. The average Bonchev–Trinajstić information content (AvgIpc) is 2.28. The first kappa shape index (κ1) is 13.8. The third kappa shape index (κ3) is 4.22. The molecule has 0 aliphatic carbocycles. The van der Waals surface area contributed by atoms with Crippen molar-refractivity contribution in [1.82, 2.24) is 9.97 Å². The van der Waals surface area contributed by atoms with Gasteiger partial charge in [0.15, 0.2) is 0 Å². The summed E-state index contributed by atoms with van der Waals surface area (Å²) in [4.78, 5) is 19.1. The molecule has 0 spiro atoms. The topological polar surface area (TPSA) is 75.1 Å². The third-order valence-electron chi connectivity index (χ3n) is 2.48. The molecule has 1 aromatic heterocycles. The molecule has 2 N–H and O–H groups in total. The van der Waals surface area contributed by atoms with Gasteiger partial charge >= 0.3 is 5.97 Å². The second-order valence-corrected chi connectivity index (χ2v) is 4.84. The average molecular weight is 255 g/mol. The zero-order valence-corrected chi connectivity index (χ0v) is 11.0. The van der Waals surface area contributed by atoms with Crippen LogP contribution in [0.25, 0.3) is 0 Å². The summed E-state index contributed by atoms with van der Waals surface area (Å²) < 4.78 is 0. The molecular weight excluding hydrogens is 238 g/mol. The number of thioether (sulfide) groups is 1. The number of nitrogens with one attached hydrogen (secondary N) is 1. The van der Waals surface area contributed by atoms with Gasteiger partial charge in [-0.2, -0.15) is 0 Å². The zero-order valence-electron chi connectivity index (χ0n) is 10.2. The predicted molar refractivity (Wildman–Crippen MR) is 68.3 cm³/mol. The number of aliphatic carboxylic acids is 1. The second-order valence-electron chi connectivity index (χ2n) is 4.02. The highest BCUT2D eigenvalue weighted by Gasteiger charge is 2.21. The maximum Gasteiger partial charge on any atom is 0.308 e. The highest BCUT2D eigenvalue weighted by Crippen LogP contribution is 2.16. The van der Waals surface area contributed by atoms with Crippen molar-refractivity contribution in [3.8, 4) is 0 Å². The number of anilines is 1. The fraction of sp³-hybridized carbons (Fsp3) is 0.545. The number of hydrogen-bond acceptors (Lipinski definition) is 5. The van der Waals surface area contributed by atoms with Gasteiger partial charge in [0.05, 0.1) is 5.92 Å². The van der Waals surface area contributed by atoms with E-state index in [2.05, 4.69) is 15.3 Å². The molecule has 1 heterocycles. The van der Waals surface area contributed by atoms with Crippen LogP contribution in [-0.2, 0) is 4.79 Å². The predicted octanol–water partition coefficient (Wildman–Crippen LogP) is 1.97. The van der Waals surface area contributed by atoms with E-state index >= 15 is 0 Å². The Balaban J connectivity index is 2.62. The maximum absolute atomic E-state index is 11.0. The first-order valence-electron chi connectivity index (χ1n) is 5.37. The number of carbonyl (C=O) groups is 1. The van der Waals surface area contributed by atoms with Gasteiger partial charge in [-0.3, -0.25) is 4.79 Å². The van der Waals surface area contributed by atoms with Crippen LogP contribution in [0.2, 0.25) is 0 Å². The number of aromatic nitrogens is 2. The molecule has 1 unspecified atom stereocenters. The third-order valence-corrected chi connectivity index (χ3v) is 3.12. The van der Waals surface area contributed by atoms with Gasteiger partial charge < -0.3 is 10.4 Å². The highest BCUT2D eigenvalue weighted by molar-refractivity contribution is 7.98. The molecule has 17 heavy (non-hydrogen) atoms. The second kappa shape index (κ2) is 6.44. The molecule has 1 aromatic rings. The minimum atomic E-state index is -0.786. The number of carboxylic acid groups (broad SMARTS) is 1. The molecule has 6 heteroatoms. The zero-order chi connectivity index (χ0) is 12.8. The quantitative estimate of drug-likeness (QED) is 0.598. The van der Waals surface area contributed by atoms with E-state index in [1.54, 1.807) is 0 Å². The molecule has 5 nitrogen and oxygen atoms in total. The fourth-order valence-electron chi connectivity index (χ4n) is 1.37. The Kier molecular flexibility index (Phi) is 5.21. The minimum Gasteiger partial charge on any atom is -0.481 e. The first-order valence-corrected chi connectivity index (χ1v) is 6.59. The van der Waals surface area contributed by atoms with Gasteiger partial charge in [0.2, 0.25) is 0 Å². The molecule has 0 radical (unpaired) electrons. The lowest BCUT2D eigenvalue weighted by molar-refractivity contribution is -0.142. The van der Waals surface area contributed by atoms with Gasteiger partial charge in [-0.15, -0.1) is 11.8 Å². The van der Waals surface area contributed by atoms with Crippen molar-refractivity contribution in [3.63, 3.8) is 0 Å². The Bertz CT molecular complexity index is 385. The highest BCUT2D eigenvalue weighted by atomic mass is 32.2. The Morgan fingerprint density at radius 3 is 2.76 bits per heavy atom. The molecule has 0 aliphatic heterocycles. The van der Waals surface area contributed by atoms with Crippen LogP contribution in [0.4, 0.5) is 5.82 Å². The van der Waals surface area contributed by atoms with Crippen molar-refractivity contribution in [2.75, 3.05) is 18.1 Å². The normalized spacial score (nSPS) is 12.5. The van der Waals surface area contributed by atoms with Crippen molar-refractivity contribution in [3.05, 3.63) is 12.4 Å². The molecule has 1 atom stereocenters. The van der Waals surface area contributed by atoms with Gasteiger partial charge in [-0.25, -0.2) is 9.97 Å². The SMILES string of the molecule is CSc1cc(NCC(C(=O)O)C(C)C)ncn1. The summed E-state index contributed by atoms with van der Waals surface area (Å²) in [6, 6.07) is 1.81. The molecule has 0 aliphatic rings. The van der Waals surface area contributed by atoms with E-state index in [4.69, 9.17) is 5.11 Å². The van der Waals surface area contributed by atoms with Crippen LogP contribution >= 0.6 is 11.8 Å². The molecule has 0 fully saturated rings. The van der Waals surface area contributed by atoms with Gasteiger partial charge in [-0.1, -0.05) is 13.8 Å². The van der Waals surface area contributed by atoms with Crippen molar-refractivity contribution in [2.24, 2.45) is 11.8 Å². The van der Waals surface area contributed by atoms with E-state index in [1.807, 2.05) is 26.2 Å². The lowest BCUT2D eigenvalue weighted by atomic mass is 9.96. The number of hydrogen-bond donors (Lipinski definition) is 2. The fourth-order valence-corrected chi connectivity index (χ4v) is 1.75. The summed E-state index contributed by atoms with van der Waals surface area (Å²) in [6.07, 6.45) is 3.40. The van der Waals surface area contributed by atoms with Crippen LogP contribution in [-0.4, -0.2) is 33.8 Å². The standard InChI is InChI=1S/C11H17N3O2S/c1-7(2)8(11(15)16)5-12-9-4-10(17-3)14-6-13-9/h4,6-8H,5H2,1-3H3,(H,15,16)(H,12,13,14). The summed E-state index contributed by atoms with van der Waals surface area (Å²) in [5.74, 6) is -0.451. The van der Waals surface area contributed by atoms with Gasteiger partial charge in [0, 0.05) is 12.6 Å². The Hall–Kier alpha value is -1.30.